The molecule has 4 nitrogen and oxygen atoms in total. The molecule has 0 aliphatic carbocycles. The van der Waals surface area contributed by atoms with E-state index in [1.807, 2.05) is 19.9 Å². The number of hydrogen-bond donors (Lipinski definition) is 1. The summed E-state index contributed by atoms with van der Waals surface area (Å²) < 4.78 is 6.33. The van der Waals surface area contributed by atoms with Crippen molar-refractivity contribution in [3.8, 4) is 11.5 Å². The fourth-order valence-electron chi connectivity index (χ4n) is 1.69. The highest BCUT2D eigenvalue weighted by molar-refractivity contribution is 9.10. The van der Waals surface area contributed by atoms with E-state index in [4.69, 9.17) is 4.42 Å². The number of anilines is 1. The number of nitrogens with one attached hydrogen (secondary N) is 1. The van der Waals surface area contributed by atoms with Crippen molar-refractivity contribution >= 4 is 21.7 Å². The van der Waals surface area contributed by atoms with Crippen LogP contribution in [0, 0.1) is 13.8 Å². The molecule has 2 aromatic rings. The van der Waals surface area contributed by atoms with E-state index in [2.05, 4.69) is 38.4 Å². The maximum Gasteiger partial charge on any atom is 0.168 e. The lowest BCUT2D eigenvalue weighted by atomic mass is 10.1. The van der Waals surface area contributed by atoms with E-state index in [0.29, 0.717) is 0 Å². The van der Waals surface area contributed by atoms with Crippen LogP contribution in [0.25, 0.3) is 11.5 Å². The molecule has 18 heavy (non-hydrogen) atoms. The van der Waals surface area contributed by atoms with Crippen LogP contribution < -0.4 is 5.32 Å². The number of rotatable bonds is 4. The number of halogens is 1. The van der Waals surface area contributed by atoms with Gasteiger partial charge >= 0.3 is 0 Å². The molecule has 1 N–H and O–H groups in total. The van der Waals surface area contributed by atoms with E-state index >= 15 is 0 Å². The molecule has 0 radical (unpaired) electrons. The number of furan rings is 1. The van der Waals surface area contributed by atoms with Crippen LogP contribution in [0.4, 0.5) is 5.82 Å². The maximum absolute atomic E-state index is 5.44. The first kappa shape index (κ1) is 13.1. The zero-order valence-electron chi connectivity index (χ0n) is 10.7. The van der Waals surface area contributed by atoms with Crippen molar-refractivity contribution in [2.75, 3.05) is 11.9 Å². The highest BCUT2D eigenvalue weighted by Crippen LogP contribution is 2.31. The molecule has 0 amide bonds. The second-order valence-corrected chi connectivity index (χ2v) is 5.03. The Hall–Kier alpha value is -1.36. The lowest BCUT2D eigenvalue weighted by Crippen LogP contribution is -2.07. The van der Waals surface area contributed by atoms with Crippen LogP contribution in [-0.4, -0.2) is 16.7 Å². The van der Waals surface area contributed by atoms with Gasteiger partial charge in [0.25, 0.3) is 0 Å². The van der Waals surface area contributed by atoms with Crippen LogP contribution >= 0.6 is 15.9 Å². The molecule has 0 bridgehead atoms. The van der Waals surface area contributed by atoms with Gasteiger partial charge in [-0.2, -0.15) is 0 Å². The molecular formula is C13H16BrN3O. The third-order valence-electron chi connectivity index (χ3n) is 2.90. The van der Waals surface area contributed by atoms with E-state index in [0.717, 1.165) is 45.8 Å². The predicted octanol–water partition coefficient (Wildman–Crippen LogP) is 3.94. The lowest BCUT2D eigenvalue weighted by molar-refractivity contribution is 0.577. The second-order valence-electron chi connectivity index (χ2n) is 4.17. The molecule has 0 fully saturated rings. The first-order valence-electron chi connectivity index (χ1n) is 5.96. The zero-order valence-corrected chi connectivity index (χ0v) is 12.3. The minimum Gasteiger partial charge on any atom is -0.461 e. The molecule has 0 aliphatic heterocycles. The van der Waals surface area contributed by atoms with E-state index in [-0.39, 0.29) is 0 Å². The van der Waals surface area contributed by atoms with E-state index in [1.54, 1.807) is 6.26 Å². The van der Waals surface area contributed by atoms with Gasteiger partial charge in [-0.15, -0.1) is 10.2 Å². The van der Waals surface area contributed by atoms with Crippen molar-refractivity contribution in [3.05, 3.63) is 27.9 Å². The fraction of sp³-hybridized carbons (Fsp3) is 0.385. The quantitative estimate of drug-likeness (QED) is 0.929. The Morgan fingerprint density at radius 1 is 1.28 bits per heavy atom. The minimum atomic E-state index is 0.727. The summed E-state index contributed by atoms with van der Waals surface area (Å²) in [5.41, 5.74) is 2.97. The highest BCUT2D eigenvalue weighted by atomic mass is 79.9. The van der Waals surface area contributed by atoms with Crippen molar-refractivity contribution in [1.29, 1.82) is 0 Å². The Labute approximate surface area is 115 Å². The summed E-state index contributed by atoms with van der Waals surface area (Å²) in [6, 6.07) is 1.86. The Morgan fingerprint density at radius 3 is 2.67 bits per heavy atom. The van der Waals surface area contributed by atoms with Crippen molar-refractivity contribution < 1.29 is 4.42 Å². The first-order chi connectivity index (χ1) is 8.65. The van der Waals surface area contributed by atoms with E-state index in [1.165, 1.54) is 0 Å². The minimum absolute atomic E-state index is 0.727. The average molecular weight is 310 g/mol. The van der Waals surface area contributed by atoms with E-state index in [9.17, 15) is 0 Å². The van der Waals surface area contributed by atoms with Gasteiger partial charge in [-0.05, 0) is 53.4 Å². The standard InChI is InChI=1S/C13H16BrN3O/c1-4-6-15-13-9(3)8(2)11(16-17-13)12-10(14)5-7-18-12/h5,7H,4,6H2,1-3H3,(H,15,17). The van der Waals surface area contributed by atoms with Crippen molar-refractivity contribution in [2.24, 2.45) is 0 Å². The molecule has 2 rings (SSSR count). The molecule has 96 valence electrons. The summed E-state index contributed by atoms with van der Waals surface area (Å²) in [6.45, 7) is 7.10. The van der Waals surface area contributed by atoms with Gasteiger partial charge in [0.05, 0.1) is 10.7 Å². The van der Waals surface area contributed by atoms with Crippen molar-refractivity contribution in [2.45, 2.75) is 27.2 Å². The van der Waals surface area contributed by atoms with Crippen LogP contribution in [0.15, 0.2) is 21.2 Å². The van der Waals surface area contributed by atoms with Gasteiger partial charge < -0.3 is 9.73 Å². The molecule has 5 heteroatoms. The maximum atomic E-state index is 5.44. The molecule has 0 saturated heterocycles. The number of nitrogens with zero attached hydrogens (tertiary/aromatic N) is 2. The third kappa shape index (κ3) is 2.41. The Balaban J connectivity index is 2.41. The van der Waals surface area contributed by atoms with Crippen LogP contribution in [0.5, 0.6) is 0 Å². The Kier molecular flexibility index (Phi) is 4.01. The monoisotopic (exact) mass is 309 g/mol. The second kappa shape index (κ2) is 5.52. The normalized spacial score (nSPS) is 10.7. The molecule has 0 unspecified atom stereocenters. The highest BCUT2D eigenvalue weighted by Gasteiger charge is 2.15. The predicted molar refractivity (Wildman–Crippen MR) is 75.7 cm³/mol. The van der Waals surface area contributed by atoms with Crippen LogP contribution in [0.3, 0.4) is 0 Å². The summed E-state index contributed by atoms with van der Waals surface area (Å²) in [7, 11) is 0. The van der Waals surface area contributed by atoms with Crippen molar-refractivity contribution in [1.82, 2.24) is 10.2 Å². The summed E-state index contributed by atoms with van der Waals surface area (Å²) in [5, 5.41) is 11.8. The van der Waals surface area contributed by atoms with E-state index < -0.39 is 0 Å². The summed E-state index contributed by atoms with van der Waals surface area (Å²) in [6.07, 6.45) is 2.70. The fourth-order valence-corrected chi connectivity index (χ4v) is 2.08. The van der Waals surface area contributed by atoms with Crippen molar-refractivity contribution in [3.63, 3.8) is 0 Å². The largest absolute Gasteiger partial charge is 0.461 e. The summed E-state index contributed by atoms with van der Waals surface area (Å²) in [5.74, 6) is 1.57. The molecule has 0 aliphatic rings. The SMILES string of the molecule is CCCNc1nnc(-c2occc2Br)c(C)c1C. The topological polar surface area (TPSA) is 51.0 Å². The lowest BCUT2D eigenvalue weighted by Gasteiger charge is -2.11. The van der Waals surface area contributed by atoms with Gasteiger partial charge in [0.15, 0.2) is 11.6 Å². The first-order valence-corrected chi connectivity index (χ1v) is 6.75. The Morgan fingerprint density at radius 2 is 2.06 bits per heavy atom. The molecule has 0 atom stereocenters. The van der Waals surface area contributed by atoms with Crippen LogP contribution in [0.1, 0.15) is 24.5 Å². The average Bonchev–Trinajstić information content (AvgIpc) is 2.77. The summed E-state index contributed by atoms with van der Waals surface area (Å²) >= 11 is 3.45. The molecule has 0 aromatic carbocycles. The zero-order chi connectivity index (χ0) is 13.1. The summed E-state index contributed by atoms with van der Waals surface area (Å²) in [4.78, 5) is 0. The Bertz CT molecular complexity index is 551. The smallest absolute Gasteiger partial charge is 0.168 e. The molecule has 0 spiro atoms. The van der Waals surface area contributed by atoms with Crippen LogP contribution in [-0.2, 0) is 0 Å². The van der Waals surface area contributed by atoms with Gasteiger partial charge in [-0.3, -0.25) is 0 Å². The van der Waals surface area contributed by atoms with Gasteiger partial charge in [0, 0.05) is 6.54 Å². The molecule has 2 aromatic heterocycles. The van der Waals surface area contributed by atoms with Gasteiger partial charge in [-0.1, -0.05) is 6.92 Å². The van der Waals surface area contributed by atoms with Gasteiger partial charge in [0.1, 0.15) is 5.69 Å². The number of aromatic nitrogens is 2. The van der Waals surface area contributed by atoms with Crippen LogP contribution in [0.2, 0.25) is 0 Å². The van der Waals surface area contributed by atoms with Gasteiger partial charge in [0.2, 0.25) is 0 Å². The number of hydrogen-bond acceptors (Lipinski definition) is 4. The van der Waals surface area contributed by atoms with Gasteiger partial charge in [-0.25, -0.2) is 0 Å². The molecule has 0 saturated carbocycles. The third-order valence-corrected chi connectivity index (χ3v) is 3.52. The molecular weight excluding hydrogens is 294 g/mol. The molecule has 2 heterocycles.